The maximum absolute atomic E-state index is 13.2. The minimum absolute atomic E-state index is 0.0663. The van der Waals surface area contributed by atoms with Gasteiger partial charge in [-0.1, -0.05) is 48.5 Å². The maximum Gasteiger partial charge on any atom is 0.491 e. The number of hydrogen-bond acceptors (Lipinski definition) is 5. The molecule has 0 spiro atoms. The first-order valence-corrected chi connectivity index (χ1v) is 13.8. The average molecular weight is 525 g/mol. The predicted molar refractivity (Wildman–Crippen MR) is 153 cm³/mol. The van der Waals surface area contributed by atoms with Gasteiger partial charge in [0.25, 0.3) is 5.91 Å². The van der Waals surface area contributed by atoms with Gasteiger partial charge in [-0.05, 0) is 97.4 Å². The summed E-state index contributed by atoms with van der Waals surface area (Å²) in [7, 11) is -0.841. The van der Waals surface area contributed by atoms with Gasteiger partial charge in [-0.2, -0.15) is 0 Å². The van der Waals surface area contributed by atoms with Crippen LogP contribution in [0.4, 0.5) is 0 Å². The highest BCUT2D eigenvalue weighted by Crippen LogP contribution is 2.30. The number of nitrogens with zero attached hydrogens (tertiary/aromatic N) is 1. The molecule has 6 nitrogen and oxygen atoms in total. The number of rotatable bonds is 6. The van der Waals surface area contributed by atoms with E-state index < -0.39 is 12.7 Å². The molecule has 1 N–H and O–H groups in total. The molecule has 0 unspecified atom stereocenters. The molecule has 1 amide bonds. The van der Waals surface area contributed by atoms with E-state index in [0.29, 0.717) is 30.9 Å². The Kier molecular flexibility index (Phi) is 7.92. The van der Waals surface area contributed by atoms with Crippen LogP contribution in [-0.2, 0) is 27.2 Å². The molecule has 2 aliphatic heterocycles. The van der Waals surface area contributed by atoms with Crippen LogP contribution in [0.25, 0.3) is 11.1 Å². The monoisotopic (exact) mass is 525 g/mol. The minimum atomic E-state index is -0.841. The number of carbonyl (C=O) groups is 2. The Labute approximate surface area is 231 Å². The topological polar surface area (TPSA) is 76.1 Å². The molecule has 0 saturated carbocycles. The fourth-order valence-corrected chi connectivity index (χ4v) is 5.45. The number of piperidine rings is 1. The normalized spacial score (nSPS) is 15.8. The van der Waals surface area contributed by atoms with E-state index in [2.05, 4.69) is 24.3 Å². The Balaban J connectivity index is 1.15. The molecule has 0 atom stereocenters. The van der Waals surface area contributed by atoms with Crippen LogP contribution in [0.5, 0.6) is 0 Å². The summed E-state index contributed by atoms with van der Waals surface area (Å²) in [6.07, 6.45) is 2.87. The van der Waals surface area contributed by atoms with Crippen LogP contribution in [0.3, 0.4) is 0 Å². The lowest BCUT2D eigenvalue weighted by atomic mass is 9.79. The van der Waals surface area contributed by atoms with Crippen molar-refractivity contribution in [1.82, 2.24) is 4.90 Å². The second kappa shape index (κ2) is 11.4. The number of aryl methyl sites for hydroxylation is 1. The lowest BCUT2D eigenvalue weighted by molar-refractivity contribution is -0.154. The van der Waals surface area contributed by atoms with Gasteiger partial charge in [0.1, 0.15) is 5.60 Å². The molecule has 0 aliphatic carbocycles. The van der Waals surface area contributed by atoms with Gasteiger partial charge in [-0.15, -0.1) is 0 Å². The standard InChI is InChI=1S/C32H36BNO5/c1-32(2,3)39-30(35)14-7-22-5-4-6-26(19-22)24-15-17-34(18-16-24)31(36)25-10-8-23(9-11-25)27-12-13-29-28(20-27)21-38-33(29)37/h4-6,8-13,19-20,24,37H,7,14-18,21H2,1-3H3. The van der Waals surface area contributed by atoms with E-state index in [4.69, 9.17) is 9.39 Å². The van der Waals surface area contributed by atoms with E-state index in [9.17, 15) is 14.6 Å². The van der Waals surface area contributed by atoms with Gasteiger partial charge in [0.05, 0.1) is 6.61 Å². The highest BCUT2D eigenvalue weighted by atomic mass is 16.6. The van der Waals surface area contributed by atoms with Crippen LogP contribution in [0.1, 0.15) is 73.0 Å². The second-order valence-corrected chi connectivity index (χ2v) is 11.6. The Morgan fingerprint density at radius 1 is 1.00 bits per heavy atom. The van der Waals surface area contributed by atoms with Crippen molar-refractivity contribution in [2.75, 3.05) is 13.1 Å². The number of fused-ring (bicyclic) bond motifs is 1. The lowest BCUT2D eigenvalue weighted by Crippen LogP contribution is -2.37. The van der Waals surface area contributed by atoms with Crippen LogP contribution in [-0.4, -0.2) is 47.6 Å². The van der Waals surface area contributed by atoms with Crippen LogP contribution in [0, 0.1) is 0 Å². The van der Waals surface area contributed by atoms with Gasteiger partial charge in [0.15, 0.2) is 0 Å². The van der Waals surface area contributed by atoms with E-state index in [1.165, 1.54) is 5.56 Å². The van der Waals surface area contributed by atoms with Gasteiger partial charge in [0.2, 0.25) is 0 Å². The quantitative estimate of drug-likeness (QED) is 0.367. The van der Waals surface area contributed by atoms with Crippen molar-refractivity contribution in [1.29, 1.82) is 0 Å². The molecule has 0 bridgehead atoms. The van der Waals surface area contributed by atoms with Gasteiger partial charge in [0, 0.05) is 25.1 Å². The molecule has 0 aromatic heterocycles. The predicted octanol–water partition coefficient (Wildman–Crippen LogP) is 4.87. The first kappa shape index (κ1) is 27.2. The van der Waals surface area contributed by atoms with Crippen LogP contribution < -0.4 is 5.46 Å². The molecule has 202 valence electrons. The number of benzene rings is 3. The van der Waals surface area contributed by atoms with Crippen molar-refractivity contribution in [2.24, 2.45) is 0 Å². The number of esters is 1. The first-order chi connectivity index (χ1) is 18.7. The van der Waals surface area contributed by atoms with Gasteiger partial charge in [-0.25, -0.2) is 0 Å². The number of likely N-dealkylation sites (tertiary alicyclic amines) is 1. The highest BCUT2D eigenvalue weighted by Gasteiger charge is 2.28. The Morgan fingerprint density at radius 2 is 1.72 bits per heavy atom. The first-order valence-electron chi connectivity index (χ1n) is 13.8. The molecule has 39 heavy (non-hydrogen) atoms. The van der Waals surface area contributed by atoms with Gasteiger partial charge < -0.3 is 19.3 Å². The summed E-state index contributed by atoms with van der Waals surface area (Å²) in [5, 5.41) is 9.85. The average Bonchev–Trinajstić information content (AvgIpc) is 3.31. The fraction of sp³-hybridized carbons (Fsp3) is 0.375. The van der Waals surface area contributed by atoms with Crippen molar-refractivity contribution >= 4 is 24.5 Å². The number of ether oxygens (including phenoxy) is 1. The van der Waals surface area contributed by atoms with E-state index >= 15 is 0 Å². The smallest absolute Gasteiger partial charge is 0.460 e. The number of hydrogen-bond donors (Lipinski definition) is 1. The fourth-order valence-electron chi connectivity index (χ4n) is 5.45. The Morgan fingerprint density at radius 3 is 2.44 bits per heavy atom. The maximum atomic E-state index is 13.2. The molecule has 1 saturated heterocycles. The third-order valence-corrected chi connectivity index (χ3v) is 7.51. The SMILES string of the molecule is CC(C)(C)OC(=O)CCc1cccc(C2CCN(C(=O)c3ccc(-c4ccc5c(c4)COB5O)cc3)CC2)c1. The van der Waals surface area contributed by atoms with E-state index in [-0.39, 0.29) is 11.9 Å². The van der Waals surface area contributed by atoms with Crippen molar-refractivity contribution in [2.45, 2.75) is 64.6 Å². The largest absolute Gasteiger partial charge is 0.491 e. The summed E-state index contributed by atoms with van der Waals surface area (Å²) in [6.45, 7) is 7.51. The van der Waals surface area contributed by atoms with Crippen LogP contribution >= 0.6 is 0 Å². The second-order valence-electron chi connectivity index (χ2n) is 11.6. The molecule has 1 fully saturated rings. The minimum Gasteiger partial charge on any atom is -0.460 e. The number of carbonyl (C=O) groups excluding carboxylic acids is 2. The van der Waals surface area contributed by atoms with Crippen molar-refractivity contribution in [3.63, 3.8) is 0 Å². The molecule has 0 radical (unpaired) electrons. The van der Waals surface area contributed by atoms with Crippen LogP contribution in [0.2, 0.25) is 0 Å². The molecule has 5 rings (SSSR count). The summed E-state index contributed by atoms with van der Waals surface area (Å²) in [5.74, 6) is 0.297. The number of amides is 1. The van der Waals surface area contributed by atoms with Crippen LogP contribution in [0.15, 0.2) is 66.7 Å². The highest BCUT2D eigenvalue weighted by molar-refractivity contribution is 6.61. The zero-order chi connectivity index (χ0) is 27.6. The van der Waals surface area contributed by atoms with Crippen molar-refractivity contribution in [3.8, 4) is 11.1 Å². The molecule has 2 aliphatic rings. The summed E-state index contributed by atoms with van der Waals surface area (Å²) in [6, 6.07) is 22.2. The summed E-state index contributed by atoms with van der Waals surface area (Å²) >= 11 is 0. The lowest BCUT2D eigenvalue weighted by Gasteiger charge is -2.32. The molecular formula is C32H36BNO5. The summed E-state index contributed by atoms with van der Waals surface area (Å²) in [5.41, 5.74) is 6.54. The van der Waals surface area contributed by atoms with Gasteiger partial charge >= 0.3 is 13.1 Å². The van der Waals surface area contributed by atoms with E-state index in [1.807, 2.05) is 68.1 Å². The van der Waals surface area contributed by atoms with E-state index in [1.54, 1.807) is 0 Å². The third-order valence-electron chi connectivity index (χ3n) is 7.51. The summed E-state index contributed by atoms with van der Waals surface area (Å²) < 4.78 is 10.7. The third kappa shape index (κ3) is 6.60. The van der Waals surface area contributed by atoms with Crippen molar-refractivity contribution < 1.29 is 24.0 Å². The zero-order valence-corrected chi connectivity index (χ0v) is 23.0. The molecule has 7 heteroatoms. The molecule has 3 aromatic rings. The molecular weight excluding hydrogens is 489 g/mol. The molecule has 3 aromatic carbocycles. The Bertz CT molecular complexity index is 1340. The zero-order valence-electron chi connectivity index (χ0n) is 23.0. The van der Waals surface area contributed by atoms with Gasteiger partial charge in [-0.3, -0.25) is 9.59 Å². The Hall–Kier alpha value is -3.42. The van der Waals surface area contributed by atoms with E-state index in [0.717, 1.165) is 53.6 Å². The molecule has 2 heterocycles. The van der Waals surface area contributed by atoms with Crippen molar-refractivity contribution in [3.05, 3.63) is 89.0 Å². The summed E-state index contributed by atoms with van der Waals surface area (Å²) in [4.78, 5) is 27.3.